The highest BCUT2D eigenvalue weighted by atomic mass is 32.1. The maximum atomic E-state index is 10.3. The second-order valence-corrected chi connectivity index (χ2v) is 3.22. The summed E-state index contributed by atoms with van der Waals surface area (Å²) in [4.78, 5) is 9.92. The van der Waals surface area contributed by atoms with Crippen molar-refractivity contribution in [3.8, 4) is 0 Å². The van der Waals surface area contributed by atoms with Gasteiger partial charge in [0, 0.05) is 18.0 Å². The minimum Gasteiger partial charge on any atom is -0.313 e. The fraction of sp³-hybridized carbons (Fsp3) is 0.429. The Labute approximate surface area is 74.4 Å². The Morgan fingerprint density at radius 1 is 1.75 bits per heavy atom. The standard InChI is InChI=1S/C7H10N2O2S/c1-2-8-4-6-3-7(9(10)11)12-5-6/h3,5,8H,2,4H2,1H3. The molecule has 0 amide bonds. The second-order valence-electron chi connectivity index (χ2n) is 2.33. The van der Waals surface area contributed by atoms with Crippen molar-refractivity contribution < 1.29 is 4.92 Å². The Morgan fingerprint density at radius 2 is 2.50 bits per heavy atom. The Balaban J connectivity index is 2.58. The van der Waals surface area contributed by atoms with E-state index < -0.39 is 0 Å². The number of nitrogens with one attached hydrogen (secondary N) is 1. The molecular formula is C7H10N2O2S. The Bertz CT molecular complexity index is 272. The van der Waals surface area contributed by atoms with Gasteiger partial charge in [0.05, 0.1) is 4.92 Å². The molecular weight excluding hydrogens is 176 g/mol. The summed E-state index contributed by atoms with van der Waals surface area (Å²) < 4.78 is 0. The molecule has 5 heteroatoms. The molecule has 1 rings (SSSR count). The number of nitrogens with zero attached hydrogens (tertiary/aromatic N) is 1. The number of nitro groups is 1. The molecule has 0 aliphatic rings. The molecule has 0 spiro atoms. The van der Waals surface area contributed by atoms with E-state index in [1.165, 1.54) is 11.3 Å². The van der Waals surface area contributed by atoms with Gasteiger partial charge in [0.15, 0.2) is 0 Å². The third-order valence-corrected chi connectivity index (χ3v) is 2.33. The van der Waals surface area contributed by atoms with Crippen LogP contribution in [0.2, 0.25) is 0 Å². The Hall–Kier alpha value is -0.940. The van der Waals surface area contributed by atoms with Crippen molar-refractivity contribution in [2.75, 3.05) is 6.54 Å². The van der Waals surface area contributed by atoms with Crippen molar-refractivity contribution in [1.82, 2.24) is 5.32 Å². The van der Waals surface area contributed by atoms with Gasteiger partial charge in [-0.25, -0.2) is 0 Å². The van der Waals surface area contributed by atoms with Gasteiger partial charge < -0.3 is 5.32 Å². The van der Waals surface area contributed by atoms with Gasteiger partial charge in [-0.05, 0) is 12.1 Å². The van der Waals surface area contributed by atoms with E-state index in [9.17, 15) is 10.1 Å². The summed E-state index contributed by atoms with van der Waals surface area (Å²) in [5.41, 5.74) is 0.980. The maximum Gasteiger partial charge on any atom is 0.324 e. The highest BCUT2D eigenvalue weighted by Gasteiger charge is 2.08. The zero-order chi connectivity index (χ0) is 8.97. The lowest BCUT2D eigenvalue weighted by molar-refractivity contribution is -0.380. The van der Waals surface area contributed by atoms with Gasteiger partial charge in [-0.3, -0.25) is 10.1 Å². The van der Waals surface area contributed by atoms with Crippen molar-refractivity contribution in [1.29, 1.82) is 0 Å². The van der Waals surface area contributed by atoms with Crippen LogP contribution in [0.25, 0.3) is 0 Å². The first kappa shape index (κ1) is 9.15. The largest absolute Gasteiger partial charge is 0.324 e. The fourth-order valence-corrected chi connectivity index (χ4v) is 1.55. The number of rotatable bonds is 4. The average Bonchev–Trinajstić information content (AvgIpc) is 2.48. The third kappa shape index (κ3) is 2.28. The minimum absolute atomic E-state index is 0.211. The summed E-state index contributed by atoms with van der Waals surface area (Å²) in [7, 11) is 0. The van der Waals surface area contributed by atoms with Crippen molar-refractivity contribution in [3.05, 3.63) is 27.1 Å². The highest BCUT2D eigenvalue weighted by Crippen LogP contribution is 2.22. The van der Waals surface area contributed by atoms with Crippen LogP contribution in [-0.2, 0) is 6.54 Å². The van der Waals surface area contributed by atoms with Crippen molar-refractivity contribution in [3.63, 3.8) is 0 Å². The molecule has 66 valence electrons. The molecule has 0 atom stereocenters. The summed E-state index contributed by atoms with van der Waals surface area (Å²) in [5.74, 6) is 0. The SMILES string of the molecule is CCNCc1csc([N+](=O)[O-])c1. The fourth-order valence-electron chi connectivity index (χ4n) is 0.820. The molecule has 0 radical (unpaired) electrons. The lowest BCUT2D eigenvalue weighted by Crippen LogP contribution is -2.10. The van der Waals surface area contributed by atoms with E-state index in [1.54, 1.807) is 11.4 Å². The van der Waals surface area contributed by atoms with Crippen LogP contribution < -0.4 is 5.32 Å². The molecule has 0 unspecified atom stereocenters. The molecule has 0 fully saturated rings. The quantitative estimate of drug-likeness (QED) is 0.576. The molecule has 0 saturated carbocycles. The van der Waals surface area contributed by atoms with E-state index in [1.807, 2.05) is 6.92 Å². The number of hydrogen-bond donors (Lipinski definition) is 1. The minimum atomic E-state index is -0.361. The molecule has 12 heavy (non-hydrogen) atoms. The van der Waals surface area contributed by atoms with Gasteiger partial charge in [0.1, 0.15) is 0 Å². The summed E-state index contributed by atoms with van der Waals surface area (Å²) in [6.45, 7) is 3.59. The first-order chi connectivity index (χ1) is 5.74. The summed E-state index contributed by atoms with van der Waals surface area (Å²) in [6, 6.07) is 1.60. The van der Waals surface area contributed by atoms with Gasteiger partial charge in [-0.2, -0.15) is 0 Å². The zero-order valence-corrected chi connectivity index (χ0v) is 7.56. The van der Waals surface area contributed by atoms with Gasteiger partial charge in [0.25, 0.3) is 0 Å². The van der Waals surface area contributed by atoms with E-state index in [0.29, 0.717) is 6.54 Å². The van der Waals surface area contributed by atoms with E-state index in [4.69, 9.17) is 0 Å². The van der Waals surface area contributed by atoms with Crippen LogP contribution in [0.15, 0.2) is 11.4 Å². The average molecular weight is 186 g/mol. The van der Waals surface area contributed by atoms with Crippen LogP contribution in [0, 0.1) is 10.1 Å². The molecule has 0 saturated heterocycles. The smallest absolute Gasteiger partial charge is 0.313 e. The van der Waals surface area contributed by atoms with E-state index >= 15 is 0 Å². The van der Waals surface area contributed by atoms with Crippen LogP contribution in [0.5, 0.6) is 0 Å². The van der Waals surface area contributed by atoms with Gasteiger partial charge in [-0.1, -0.05) is 18.3 Å². The van der Waals surface area contributed by atoms with Crippen molar-refractivity contribution in [2.24, 2.45) is 0 Å². The lowest BCUT2D eigenvalue weighted by atomic mass is 10.3. The molecule has 1 N–H and O–H groups in total. The van der Waals surface area contributed by atoms with Crippen LogP contribution in [0.1, 0.15) is 12.5 Å². The van der Waals surface area contributed by atoms with Crippen molar-refractivity contribution >= 4 is 16.3 Å². The first-order valence-electron chi connectivity index (χ1n) is 3.66. The predicted molar refractivity (Wildman–Crippen MR) is 48.4 cm³/mol. The van der Waals surface area contributed by atoms with Gasteiger partial charge in [0.2, 0.25) is 0 Å². The lowest BCUT2D eigenvalue weighted by Gasteiger charge is -1.94. The number of thiophene rings is 1. The van der Waals surface area contributed by atoms with Crippen LogP contribution in [0.4, 0.5) is 5.00 Å². The van der Waals surface area contributed by atoms with E-state index in [0.717, 1.165) is 12.1 Å². The van der Waals surface area contributed by atoms with E-state index in [2.05, 4.69) is 5.32 Å². The molecule has 1 heterocycles. The molecule has 0 aliphatic carbocycles. The van der Waals surface area contributed by atoms with Crippen LogP contribution in [-0.4, -0.2) is 11.5 Å². The monoisotopic (exact) mass is 186 g/mol. The van der Waals surface area contributed by atoms with E-state index in [-0.39, 0.29) is 9.92 Å². The molecule has 0 aromatic carbocycles. The summed E-state index contributed by atoms with van der Waals surface area (Å²) in [5, 5.41) is 15.4. The molecule has 0 bridgehead atoms. The number of hydrogen-bond acceptors (Lipinski definition) is 4. The topological polar surface area (TPSA) is 55.2 Å². The third-order valence-electron chi connectivity index (χ3n) is 1.40. The molecule has 4 nitrogen and oxygen atoms in total. The van der Waals surface area contributed by atoms with Crippen LogP contribution >= 0.6 is 11.3 Å². The molecule has 1 aromatic rings. The predicted octanol–water partition coefficient (Wildman–Crippen LogP) is 1.77. The summed E-state index contributed by atoms with van der Waals surface area (Å²) in [6.07, 6.45) is 0. The first-order valence-corrected chi connectivity index (χ1v) is 4.54. The van der Waals surface area contributed by atoms with Crippen molar-refractivity contribution in [2.45, 2.75) is 13.5 Å². The highest BCUT2D eigenvalue weighted by molar-refractivity contribution is 7.13. The molecule has 0 aliphatic heterocycles. The van der Waals surface area contributed by atoms with Gasteiger partial charge in [-0.15, -0.1) is 0 Å². The Morgan fingerprint density at radius 3 is 3.00 bits per heavy atom. The molecule has 1 aromatic heterocycles. The van der Waals surface area contributed by atoms with Crippen LogP contribution in [0.3, 0.4) is 0 Å². The zero-order valence-electron chi connectivity index (χ0n) is 6.74. The Kier molecular flexibility index (Phi) is 3.19. The summed E-state index contributed by atoms with van der Waals surface area (Å²) >= 11 is 1.17. The second kappa shape index (κ2) is 4.18. The maximum absolute atomic E-state index is 10.3. The normalized spacial score (nSPS) is 10.1. The van der Waals surface area contributed by atoms with Gasteiger partial charge >= 0.3 is 5.00 Å².